The molecule has 0 radical (unpaired) electrons. The van der Waals surface area contributed by atoms with E-state index in [0.29, 0.717) is 0 Å². The highest BCUT2D eigenvalue weighted by Crippen LogP contribution is 2.44. The van der Waals surface area contributed by atoms with Crippen LogP contribution in [0.15, 0.2) is 78.9 Å². The summed E-state index contributed by atoms with van der Waals surface area (Å²) < 4.78 is 10.8. The number of alkyl carbamates (subject to hydrolysis) is 1. The SMILES string of the molecule is CC(C)[C@@H](NC(=O)[C@H](CC(=O)OCc1ccccc1)NC(=O)OCC1c2ccccc2-c2ccccc21)C(=O)O. The third-order valence-corrected chi connectivity index (χ3v) is 6.80. The van der Waals surface area contributed by atoms with Gasteiger partial charge in [0.15, 0.2) is 0 Å². The van der Waals surface area contributed by atoms with Crippen LogP contribution in [0.5, 0.6) is 0 Å². The molecule has 0 saturated heterocycles. The minimum Gasteiger partial charge on any atom is -0.480 e. The Morgan fingerprint density at radius 2 is 1.38 bits per heavy atom. The third-order valence-electron chi connectivity index (χ3n) is 6.80. The van der Waals surface area contributed by atoms with Crippen molar-refractivity contribution in [2.45, 2.75) is 44.9 Å². The molecule has 0 bridgehead atoms. The molecule has 0 fully saturated rings. The van der Waals surface area contributed by atoms with Gasteiger partial charge in [0.25, 0.3) is 0 Å². The number of aliphatic carboxylic acids is 1. The first-order chi connectivity index (χ1) is 19.2. The molecule has 0 aromatic heterocycles. The Balaban J connectivity index is 1.43. The number of fused-ring (bicyclic) bond motifs is 3. The van der Waals surface area contributed by atoms with Gasteiger partial charge in [-0.25, -0.2) is 9.59 Å². The van der Waals surface area contributed by atoms with E-state index in [-0.39, 0.29) is 19.1 Å². The Bertz CT molecular complexity index is 1330. The first kappa shape index (κ1) is 28.4. The van der Waals surface area contributed by atoms with Crippen LogP contribution in [-0.4, -0.2) is 47.7 Å². The maximum atomic E-state index is 13.0. The lowest BCUT2D eigenvalue weighted by Gasteiger charge is -2.23. The Morgan fingerprint density at radius 1 is 0.800 bits per heavy atom. The van der Waals surface area contributed by atoms with Crippen molar-refractivity contribution in [1.82, 2.24) is 10.6 Å². The number of amides is 2. The van der Waals surface area contributed by atoms with Gasteiger partial charge in [-0.1, -0.05) is 92.7 Å². The van der Waals surface area contributed by atoms with Gasteiger partial charge < -0.3 is 25.2 Å². The lowest BCUT2D eigenvalue weighted by molar-refractivity contribution is -0.147. The standard InChI is InChI=1S/C31H32N2O7/c1-19(2)28(30(36)37)33-29(35)26(16-27(34)39-17-20-10-4-3-5-11-20)32-31(38)40-18-25-23-14-8-6-12-21(23)22-13-7-9-15-24(22)25/h3-15,19,25-26,28H,16-18H2,1-2H3,(H,32,38)(H,33,35)(H,36,37)/t26-,28+/m0/s1. The summed E-state index contributed by atoms with van der Waals surface area (Å²) in [5, 5.41) is 14.3. The number of esters is 1. The summed E-state index contributed by atoms with van der Waals surface area (Å²) in [6.07, 6.45) is -1.41. The van der Waals surface area contributed by atoms with Gasteiger partial charge in [0.2, 0.25) is 5.91 Å². The molecule has 3 aromatic rings. The molecule has 0 unspecified atom stereocenters. The van der Waals surface area contributed by atoms with E-state index in [0.717, 1.165) is 27.8 Å². The van der Waals surface area contributed by atoms with Gasteiger partial charge in [-0.15, -0.1) is 0 Å². The minimum absolute atomic E-state index is 0.0103. The van der Waals surface area contributed by atoms with Gasteiger partial charge in [-0.3, -0.25) is 9.59 Å². The number of carbonyl (C=O) groups is 4. The Kier molecular flexibility index (Phi) is 9.16. The fraction of sp³-hybridized carbons (Fsp3) is 0.290. The van der Waals surface area contributed by atoms with Crippen molar-refractivity contribution < 1.29 is 33.8 Å². The van der Waals surface area contributed by atoms with E-state index in [9.17, 15) is 24.3 Å². The van der Waals surface area contributed by atoms with Crippen LogP contribution in [0.4, 0.5) is 4.79 Å². The van der Waals surface area contributed by atoms with Crippen LogP contribution in [0.3, 0.4) is 0 Å². The zero-order valence-corrected chi connectivity index (χ0v) is 22.3. The molecule has 1 aliphatic rings. The average molecular weight is 545 g/mol. The molecular formula is C31H32N2O7. The number of carboxylic acid groups (broad SMARTS) is 1. The number of hydrogen-bond acceptors (Lipinski definition) is 6. The number of rotatable bonds is 11. The molecule has 2 amide bonds. The first-order valence-corrected chi connectivity index (χ1v) is 13.1. The topological polar surface area (TPSA) is 131 Å². The maximum Gasteiger partial charge on any atom is 0.407 e. The number of benzene rings is 3. The van der Waals surface area contributed by atoms with Gasteiger partial charge in [-0.05, 0) is 33.7 Å². The minimum atomic E-state index is -1.40. The molecule has 40 heavy (non-hydrogen) atoms. The van der Waals surface area contributed by atoms with Crippen molar-refractivity contribution in [2.24, 2.45) is 5.92 Å². The van der Waals surface area contributed by atoms with Gasteiger partial charge in [0.1, 0.15) is 25.3 Å². The molecule has 3 aromatic carbocycles. The maximum absolute atomic E-state index is 13.0. The Hall–Kier alpha value is -4.66. The van der Waals surface area contributed by atoms with E-state index in [4.69, 9.17) is 9.47 Å². The molecule has 0 heterocycles. The van der Waals surface area contributed by atoms with Crippen LogP contribution in [0.1, 0.15) is 42.9 Å². The molecule has 208 valence electrons. The molecule has 1 aliphatic carbocycles. The van der Waals surface area contributed by atoms with E-state index in [1.807, 2.05) is 54.6 Å². The summed E-state index contributed by atoms with van der Waals surface area (Å²) in [5.41, 5.74) is 4.94. The summed E-state index contributed by atoms with van der Waals surface area (Å²) in [7, 11) is 0. The number of hydrogen-bond donors (Lipinski definition) is 3. The lowest BCUT2D eigenvalue weighted by Crippen LogP contribution is -2.54. The largest absolute Gasteiger partial charge is 0.480 e. The molecule has 9 heteroatoms. The summed E-state index contributed by atoms with van der Waals surface area (Å²) in [6, 6.07) is 22.1. The number of carboxylic acids is 1. The van der Waals surface area contributed by atoms with Crippen LogP contribution in [0.25, 0.3) is 11.1 Å². The van der Waals surface area contributed by atoms with E-state index >= 15 is 0 Å². The van der Waals surface area contributed by atoms with E-state index in [2.05, 4.69) is 10.6 Å². The second kappa shape index (κ2) is 12.9. The molecule has 2 atom stereocenters. The van der Waals surface area contributed by atoms with Gasteiger partial charge in [-0.2, -0.15) is 0 Å². The summed E-state index contributed by atoms with van der Waals surface area (Å²) in [6.45, 7) is 3.28. The fourth-order valence-corrected chi connectivity index (χ4v) is 4.72. The Morgan fingerprint density at radius 3 is 1.95 bits per heavy atom. The molecule has 0 saturated carbocycles. The smallest absolute Gasteiger partial charge is 0.407 e. The second-order valence-corrected chi connectivity index (χ2v) is 9.94. The summed E-state index contributed by atoms with van der Waals surface area (Å²) in [5.74, 6) is -3.42. The van der Waals surface area contributed by atoms with E-state index in [1.165, 1.54) is 0 Å². The van der Waals surface area contributed by atoms with Crippen LogP contribution >= 0.6 is 0 Å². The molecule has 9 nitrogen and oxygen atoms in total. The second-order valence-electron chi connectivity index (χ2n) is 9.94. The Labute approximate surface area is 232 Å². The molecule has 0 spiro atoms. The monoisotopic (exact) mass is 544 g/mol. The van der Waals surface area contributed by atoms with Crippen molar-refractivity contribution in [1.29, 1.82) is 0 Å². The van der Waals surface area contributed by atoms with E-state index in [1.54, 1.807) is 38.1 Å². The third kappa shape index (κ3) is 6.85. The average Bonchev–Trinajstić information content (AvgIpc) is 3.27. The van der Waals surface area contributed by atoms with Gasteiger partial charge in [0, 0.05) is 5.92 Å². The van der Waals surface area contributed by atoms with Crippen molar-refractivity contribution in [3.8, 4) is 11.1 Å². The van der Waals surface area contributed by atoms with Crippen LogP contribution in [0, 0.1) is 5.92 Å². The van der Waals surface area contributed by atoms with Crippen molar-refractivity contribution in [3.63, 3.8) is 0 Å². The molecule has 3 N–H and O–H groups in total. The zero-order valence-electron chi connectivity index (χ0n) is 22.3. The lowest BCUT2D eigenvalue weighted by atomic mass is 9.98. The van der Waals surface area contributed by atoms with E-state index < -0.39 is 48.4 Å². The molecular weight excluding hydrogens is 512 g/mol. The fourth-order valence-electron chi connectivity index (χ4n) is 4.72. The highest BCUT2D eigenvalue weighted by molar-refractivity contribution is 5.92. The van der Waals surface area contributed by atoms with Gasteiger partial charge in [0.05, 0.1) is 6.42 Å². The first-order valence-electron chi connectivity index (χ1n) is 13.1. The van der Waals surface area contributed by atoms with Gasteiger partial charge >= 0.3 is 18.0 Å². The highest BCUT2D eigenvalue weighted by Gasteiger charge is 2.32. The molecule has 0 aliphatic heterocycles. The number of nitrogens with one attached hydrogen (secondary N) is 2. The number of ether oxygens (including phenoxy) is 2. The zero-order chi connectivity index (χ0) is 28.6. The quantitative estimate of drug-likeness (QED) is 0.308. The van der Waals surface area contributed by atoms with Crippen LogP contribution < -0.4 is 10.6 Å². The van der Waals surface area contributed by atoms with Crippen LogP contribution in [-0.2, 0) is 30.5 Å². The summed E-state index contributed by atoms with van der Waals surface area (Å²) in [4.78, 5) is 50.1. The van der Waals surface area contributed by atoms with Crippen molar-refractivity contribution in [3.05, 3.63) is 95.6 Å². The predicted molar refractivity (Wildman–Crippen MR) is 147 cm³/mol. The summed E-state index contributed by atoms with van der Waals surface area (Å²) >= 11 is 0. The van der Waals surface area contributed by atoms with Crippen LogP contribution in [0.2, 0.25) is 0 Å². The highest BCUT2D eigenvalue weighted by atomic mass is 16.5. The number of carbonyl (C=O) groups excluding carboxylic acids is 3. The van der Waals surface area contributed by atoms with Crippen molar-refractivity contribution >= 4 is 23.9 Å². The van der Waals surface area contributed by atoms with Crippen molar-refractivity contribution in [2.75, 3.05) is 6.61 Å². The predicted octanol–water partition coefficient (Wildman–Crippen LogP) is 4.25. The molecule has 4 rings (SSSR count). The normalized spacial score (nSPS) is 13.5.